The Labute approximate surface area is 170 Å². The van der Waals surface area contributed by atoms with Crippen molar-refractivity contribution in [1.82, 2.24) is 5.32 Å². The molecule has 8 heteroatoms. The minimum atomic E-state index is -3.71. The van der Waals surface area contributed by atoms with Crippen molar-refractivity contribution in [2.24, 2.45) is 0 Å². The van der Waals surface area contributed by atoms with Crippen molar-refractivity contribution in [2.75, 3.05) is 22.9 Å². The summed E-state index contributed by atoms with van der Waals surface area (Å²) in [6.07, 6.45) is 1.34. The Hall–Kier alpha value is -2.06. The lowest BCUT2D eigenvalue weighted by molar-refractivity contribution is -0.122. The summed E-state index contributed by atoms with van der Waals surface area (Å²) in [5.41, 5.74) is 1.48. The lowest BCUT2D eigenvalue weighted by atomic mass is 10.2. The van der Waals surface area contributed by atoms with Gasteiger partial charge in [-0.15, -0.1) is 0 Å². The molecule has 0 aromatic heterocycles. The number of rotatable bonds is 10. The second-order valence-electron chi connectivity index (χ2n) is 6.29. The summed E-state index contributed by atoms with van der Waals surface area (Å²) in [6, 6.07) is 14.2. The number of nitrogens with one attached hydrogen (secondary N) is 1. The van der Waals surface area contributed by atoms with E-state index in [0.29, 0.717) is 18.7 Å². The maximum atomic E-state index is 13.2. The molecular weight excluding hydrogens is 399 g/mol. The minimum absolute atomic E-state index is 0.268. The highest BCUT2D eigenvalue weighted by Gasteiger charge is 2.31. The molecule has 1 N–H and O–H groups in total. The van der Waals surface area contributed by atoms with E-state index in [0.717, 1.165) is 16.3 Å². The second kappa shape index (κ2) is 10.5. The fourth-order valence-corrected chi connectivity index (χ4v) is 4.81. The molecule has 2 aromatic carbocycles. The third-order valence-corrected chi connectivity index (χ3v) is 6.28. The summed E-state index contributed by atoms with van der Waals surface area (Å²) >= 11 is 1.69. The molecule has 1 unspecified atom stereocenters. The van der Waals surface area contributed by atoms with Crippen LogP contribution in [0.25, 0.3) is 0 Å². The zero-order valence-electron chi connectivity index (χ0n) is 16.0. The largest absolute Gasteiger partial charge is 0.353 e. The molecule has 0 fully saturated rings. The van der Waals surface area contributed by atoms with Gasteiger partial charge in [0.1, 0.15) is 11.9 Å². The topological polar surface area (TPSA) is 66.5 Å². The molecule has 5 nitrogen and oxygen atoms in total. The van der Waals surface area contributed by atoms with E-state index in [1.165, 1.54) is 29.8 Å². The third-order valence-electron chi connectivity index (χ3n) is 4.07. The van der Waals surface area contributed by atoms with E-state index in [4.69, 9.17) is 0 Å². The fourth-order valence-electron chi connectivity index (χ4n) is 2.78. The summed E-state index contributed by atoms with van der Waals surface area (Å²) in [4.78, 5) is 12.6. The average Bonchev–Trinajstić information content (AvgIpc) is 2.66. The van der Waals surface area contributed by atoms with Crippen molar-refractivity contribution < 1.29 is 17.6 Å². The number of nitrogens with zero attached hydrogens (tertiary/aromatic N) is 1. The van der Waals surface area contributed by atoms with Crippen LogP contribution in [0.15, 0.2) is 54.6 Å². The lowest BCUT2D eigenvalue weighted by Gasteiger charge is -2.30. The Kier molecular flexibility index (Phi) is 8.32. The van der Waals surface area contributed by atoms with E-state index in [1.54, 1.807) is 18.7 Å². The summed E-state index contributed by atoms with van der Waals surface area (Å²) in [5, 5.41) is 2.81. The zero-order chi connectivity index (χ0) is 20.6. The van der Waals surface area contributed by atoms with E-state index >= 15 is 0 Å². The van der Waals surface area contributed by atoms with E-state index in [-0.39, 0.29) is 11.6 Å². The van der Waals surface area contributed by atoms with Crippen LogP contribution in [0.5, 0.6) is 0 Å². The van der Waals surface area contributed by atoms with E-state index < -0.39 is 21.9 Å². The van der Waals surface area contributed by atoms with Gasteiger partial charge >= 0.3 is 0 Å². The monoisotopic (exact) mass is 424 g/mol. The van der Waals surface area contributed by atoms with Crippen LogP contribution < -0.4 is 9.62 Å². The van der Waals surface area contributed by atoms with Gasteiger partial charge in [0, 0.05) is 18.1 Å². The first kappa shape index (κ1) is 22.2. The summed E-state index contributed by atoms with van der Waals surface area (Å²) in [7, 11) is -3.71. The standard InChI is InChI=1S/C20H25FN2O3S2/c1-3-19(23(28(2,25)26)18-11-9-17(21)10-12-18)20(24)22-13-14-27-15-16-7-5-4-6-8-16/h4-12,19H,3,13-15H2,1-2H3,(H,22,24). The molecule has 0 aliphatic heterocycles. The molecule has 0 bridgehead atoms. The van der Waals surface area contributed by atoms with Crippen LogP contribution >= 0.6 is 11.8 Å². The molecule has 0 radical (unpaired) electrons. The van der Waals surface area contributed by atoms with Gasteiger partial charge < -0.3 is 5.32 Å². The van der Waals surface area contributed by atoms with Crippen molar-refractivity contribution in [3.05, 3.63) is 66.0 Å². The molecular formula is C20H25FN2O3S2. The number of amides is 1. The molecule has 0 spiro atoms. The van der Waals surface area contributed by atoms with Crippen LogP contribution in [-0.2, 0) is 20.6 Å². The smallest absolute Gasteiger partial charge is 0.243 e. The molecule has 28 heavy (non-hydrogen) atoms. The van der Waals surface area contributed by atoms with Crippen LogP contribution in [0.3, 0.4) is 0 Å². The number of thioether (sulfide) groups is 1. The number of carbonyl (C=O) groups is 1. The maximum absolute atomic E-state index is 13.2. The average molecular weight is 425 g/mol. The molecule has 2 aromatic rings. The Morgan fingerprint density at radius 3 is 2.36 bits per heavy atom. The number of benzene rings is 2. The highest BCUT2D eigenvalue weighted by atomic mass is 32.2. The van der Waals surface area contributed by atoms with Crippen molar-refractivity contribution in [2.45, 2.75) is 25.1 Å². The summed E-state index contributed by atoms with van der Waals surface area (Å²) < 4.78 is 38.9. The number of hydrogen-bond donors (Lipinski definition) is 1. The Morgan fingerprint density at radius 1 is 1.14 bits per heavy atom. The first-order chi connectivity index (χ1) is 13.3. The van der Waals surface area contributed by atoms with Gasteiger partial charge in [-0.2, -0.15) is 11.8 Å². The van der Waals surface area contributed by atoms with Crippen molar-refractivity contribution in [1.29, 1.82) is 0 Å². The fraction of sp³-hybridized carbons (Fsp3) is 0.350. The van der Waals surface area contributed by atoms with Crippen LogP contribution in [0.4, 0.5) is 10.1 Å². The minimum Gasteiger partial charge on any atom is -0.353 e. The maximum Gasteiger partial charge on any atom is 0.243 e. The van der Waals surface area contributed by atoms with Crippen molar-refractivity contribution >= 4 is 33.4 Å². The van der Waals surface area contributed by atoms with Gasteiger partial charge in [0.2, 0.25) is 15.9 Å². The highest BCUT2D eigenvalue weighted by molar-refractivity contribution is 7.98. The van der Waals surface area contributed by atoms with Crippen LogP contribution in [0, 0.1) is 5.82 Å². The van der Waals surface area contributed by atoms with E-state index in [2.05, 4.69) is 5.32 Å². The number of hydrogen-bond acceptors (Lipinski definition) is 4. The molecule has 0 saturated carbocycles. The molecule has 1 amide bonds. The van der Waals surface area contributed by atoms with Gasteiger partial charge in [0.05, 0.1) is 11.9 Å². The van der Waals surface area contributed by atoms with Crippen LogP contribution in [0.2, 0.25) is 0 Å². The normalized spacial score (nSPS) is 12.4. The zero-order valence-corrected chi connectivity index (χ0v) is 17.6. The van der Waals surface area contributed by atoms with Crippen molar-refractivity contribution in [3.8, 4) is 0 Å². The Balaban J connectivity index is 1.96. The molecule has 1 atom stereocenters. The Morgan fingerprint density at radius 2 is 1.79 bits per heavy atom. The van der Waals surface area contributed by atoms with Crippen LogP contribution in [0.1, 0.15) is 18.9 Å². The van der Waals surface area contributed by atoms with Crippen LogP contribution in [-0.4, -0.2) is 38.9 Å². The number of anilines is 1. The quantitative estimate of drug-likeness (QED) is 0.594. The lowest BCUT2D eigenvalue weighted by Crippen LogP contribution is -2.49. The predicted molar refractivity (Wildman–Crippen MR) is 113 cm³/mol. The van der Waals surface area contributed by atoms with Gasteiger partial charge in [0.25, 0.3) is 0 Å². The first-order valence-corrected chi connectivity index (χ1v) is 12.0. The van der Waals surface area contributed by atoms with Gasteiger partial charge in [-0.05, 0) is 36.2 Å². The van der Waals surface area contributed by atoms with Gasteiger partial charge in [-0.25, -0.2) is 12.8 Å². The van der Waals surface area contributed by atoms with E-state index in [1.807, 2.05) is 30.3 Å². The molecule has 152 valence electrons. The SMILES string of the molecule is CCC(C(=O)NCCSCc1ccccc1)N(c1ccc(F)cc1)S(C)(=O)=O. The highest BCUT2D eigenvalue weighted by Crippen LogP contribution is 2.22. The third kappa shape index (κ3) is 6.53. The first-order valence-electron chi connectivity index (χ1n) is 8.97. The summed E-state index contributed by atoms with van der Waals surface area (Å²) in [6.45, 7) is 2.18. The molecule has 0 heterocycles. The summed E-state index contributed by atoms with van der Waals surface area (Å²) in [5.74, 6) is 0.730. The van der Waals surface area contributed by atoms with Gasteiger partial charge in [-0.1, -0.05) is 37.3 Å². The van der Waals surface area contributed by atoms with E-state index in [9.17, 15) is 17.6 Å². The number of halogens is 1. The predicted octanol–water partition coefficient (Wildman–Crippen LogP) is 3.42. The second-order valence-corrected chi connectivity index (χ2v) is 9.25. The van der Waals surface area contributed by atoms with Gasteiger partial charge in [0.15, 0.2) is 0 Å². The van der Waals surface area contributed by atoms with Gasteiger partial charge in [-0.3, -0.25) is 9.10 Å². The molecule has 0 aliphatic rings. The molecule has 2 rings (SSSR count). The van der Waals surface area contributed by atoms with Crippen molar-refractivity contribution in [3.63, 3.8) is 0 Å². The molecule has 0 saturated heterocycles. The Bertz CT molecular complexity index is 859. The number of carbonyl (C=O) groups excluding carboxylic acids is 1. The number of sulfonamides is 1. The molecule has 0 aliphatic carbocycles.